The van der Waals surface area contributed by atoms with Crippen molar-refractivity contribution in [2.45, 2.75) is 18.9 Å². The van der Waals surface area contributed by atoms with Crippen LogP contribution in [0, 0.1) is 0 Å². The molecular formula is C27H35ClN8S. The molecule has 5 rings (SSSR count). The average molecular weight is 539 g/mol. The molecule has 0 amide bonds. The standard InChI is InChI=1S/C27H35ClN8S/c1-29-21(18-37-3)17-35-12-14-36(15-13-35)22-6-4-19(5-7-22)26-32-25-24(23(28)16-30-27(25)33-26)31-20-8-10-34(2)11-9-20/h4-7,16,18,20H,1,8-15,17H2,2-3H3,(H2,30,31,32,33)/b21-18-. The molecule has 0 atom stereocenters. The Bertz CT molecular complexity index is 1240. The minimum Gasteiger partial charge on any atom is -0.379 e. The number of thioether (sulfide) groups is 1. The van der Waals surface area contributed by atoms with E-state index in [1.54, 1.807) is 18.0 Å². The van der Waals surface area contributed by atoms with Crippen molar-refractivity contribution in [1.82, 2.24) is 24.8 Å². The van der Waals surface area contributed by atoms with Crippen LogP contribution in [0.15, 0.2) is 46.6 Å². The van der Waals surface area contributed by atoms with Gasteiger partial charge >= 0.3 is 0 Å². The highest BCUT2D eigenvalue weighted by atomic mass is 35.5. The number of nitrogens with one attached hydrogen (secondary N) is 2. The number of pyridine rings is 1. The van der Waals surface area contributed by atoms with Crippen molar-refractivity contribution in [1.29, 1.82) is 0 Å². The number of imidazole rings is 1. The number of benzene rings is 1. The van der Waals surface area contributed by atoms with Gasteiger partial charge in [0, 0.05) is 50.0 Å². The van der Waals surface area contributed by atoms with E-state index in [0.717, 1.165) is 86.9 Å². The van der Waals surface area contributed by atoms with Gasteiger partial charge in [0.15, 0.2) is 5.65 Å². The van der Waals surface area contributed by atoms with Gasteiger partial charge in [0.2, 0.25) is 0 Å². The molecule has 196 valence electrons. The Morgan fingerprint density at radius 2 is 1.92 bits per heavy atom. The van der Waals surface area contributed by atoms with Gasteiger partial charge in [-0.2, -0.15) is 0 Å². The average Bonchev–Trinajstić information content (AvgIpc) is 3.36. The fourth-order valence-corrected chi connectivity index (χ4v) is 5.67. The highest BCUT2D eigenvalue weighted by Gasteiger charge is 2.21. The number of aromatic amines is 1. The number of piperidine rings is 1. The van der Waals surface area contributed by atoms with E-state index >= 15 is 0 Å². The number of aliphatic imine (C=N–C) groups is 1. The topological polar surface area (TPSA) is 75.7 Å². The molecule has 4 heterocycles. The second-order valence-corrected chi connectivity index (χ2v) is 10.9. The summed E-state index contributed by atoms with van der Waals surface area (Å²) in [5.74, 6) is 0.803. The second kappa shape index (κ2) is 11.9. The Hall–Kier alpha value is -2.59. The van der Waals surface area contributed by atoms with Gasteiger partial charge < -0.3 is 20.1 Å². The molecule has 1 aromatic carbocycles. The number of hydrogen-bond donors (Lipinski definition) is 2. The lowest BCUT2D eigenvalue weighted by atomic mass is 10.1. The highest BCUT2D eigenvalue weighted by Crippen LogP contribution is 2.32. The lowest BCUT2D eigenvalue weighted by Crippen LogP contribution is -2.46. The molecule has 0 unspecified atom stereocenters. The predicted octanol–water partition coefficient (Wildman–Crippen LogP) is 4.81. The van der Waals surface area contributed by atoms with Gasteiger partial charge in [0.25, 0.3) is 0 Å². The molecule has 2 fully saturated rings. The summed E-state index contributed by atoms with van der Waals surface area (Å²) in [6.07, 6.45) is 5.93. The van der Waals surface area contributed by atoms with Crippen LogP contribution >= 0.6 is 23.4 Å². The molecule has 2 saturated heterocycles. The van der Waals surface area contributed by atoms with Gasteiger partial charge in [-0.25, -0.2) is 9.97 Å². The van der Waals surface area contributed by atoms with Crippen LogP contribution in [0.25, 0.3) is 22.6 Å². The van der Waals surface area contributed by atoms with E-state index in [9.17, 15) is 0 Å². The summed E-state index contributed by atoms with van der Waals surface area (Å²) in [6.45, 7) is 10.7. The SMILES string of the molecule is C=N/C(=C\SC)CN1CCN(c2ccc(-c3nc4ncc(Cl)c(NC5CCN(C)CC5)c4[nH]3)cc2)CC1. The van der Waals surface area contributed by atoms with Gasteiger partial charge in [-0.3, -0.25) is 9.89 Å². The van der Waals surface area contributed by atoms with Crippen LogP contribution in [-0.4, -0.2) is 96.6 Å². The first kappa shape index (κ1) is 26.0. The highest BCUT2D eigenvalue weighted by molar-refractivity contribution is 8.01. The summed E-state index contributed by atoms with van der Waals surface area (Å²) in [4.78, 5) is 24.1. The smallest absolute Gasteiger partial charge is 0.180 e. The van der Waals surface area contributed by atoms with E-state index < -0.39 is 0 Å². The first-order valence-electron chi connectivity index (χ1n) is 12.8. The molecule has 2 aromatic heterocycles. The van der Waals surface area contributed by atoms with Crippen LogP contribution in [-0.2, 0) is 0 Å². The van der Waals surface area contributed by atoms with E-state index in [-0.39, 0.29) is 0 Å². The number of likely N-dealkylation sites (tertiary alicyclic amines) is 1. The minimum atomic E-state index is 0.395. The third-order valence-corrected chi connectivity index (χ3v) is 8.06. The van der Waals surface area contributed by atoms with Gasteiger partial charge in [-0.15, -0.1) is 11.8 Å². The summed E-state index contributed by atoms with van der Waals surface area (Å²) in [7, 11) is 2.17. The molecule has 37 heavy (non-hydrogen) atoms. The van der Waals surface area contributed by atoms with Gasteiger partial charge in [0.05, 0.1) is 22.6 Å². The van der Waals surface area contributed by atoms with Gasteiger partial charge in [0.1, 0.15) is 11.3 Å². The summed E-state index contributed by atoms with van der Waals surface area (Å²) in [5, 5.41) is 6.36. The first-order chi connectivity index (χ1) is 18.0. The molecule has 2 aliphatic heterocycles. The fraction of sp³-hybridized carbons (Fsp3) is 0.444. The third kappa shape index (κ3) is 6.12. The van der Waals surface area contributed by atoms with E-state index in [2.05, 4.69) is 84.7 Å². The molecule has 0 bridgehead atoms. The molecule has 3 aromatic rings. The zero-order valence-corrected chi connectivity index (χ0v) is 23.2. The van der Waals surface area contributed by atoms with Gasteiger partial charge in [-0.1, -0.05) is 11.6 Å². The molecule has 0 aliphatic carbocycles. The normalized spacial score (nSPS) is 18.5. The maximum atomic E-state index is 6.57. The van der Waals surface area contributed by atoms with Crippen LogP contribution in [0.2, 0.25) is 5.02 Å². The van der Waals surface area contributed by atoms with Crippen molar-refractivity contribution in [2.75, 3.05) is 69.3 Å². The second-order valence-electron chi connectivity index (χ2n) is 9.80. The summed E-state index contributed by atoms with van der Waals surface area (Å²) in [6, 6.07) is 9.02. The minimum absolute atomic E-state index is 0.395. The first-order valence-corrected chi connectivity index (χ1v) is 14.5. The molecule has 2 N–H and O–H groups in total. The molecule has 0 radical (unpaired) electrons. The largest absolute Gasteiger partial charge is 0.379 e. The van der Waals surface area contributed by atoms with Crippen LogP contribution in [0.3, 0.4) is 0 Å². The molecule has 2 aliphatic rings. The van der Waals surface area contributed by atoms with Crippen molar-refractivity contribution in [3.05, 3.63) is 46.6 Å². The maximum Gasteiger partial charge on any atom is 0.180 e. The zero-order valence-electron chi connectivity index (χ0n) is 21.6. The number of halogens is 1. The number of anilines is 2. The lowest BCUT2D eigenvalue weighted by molar-refractivity contribution is 0.264. The summed E-state index contributed by atoms with van der Waals surface area (Å²) in [5.41, 5.74) is 5.75. The number of H-pyrrole nitrogens is 1. The molecule has 8 nitrogen and oxygen atoms in total. The number of nitrogens with zero attached hydrogens (tertiary/aromatic N) is 6. The van der Waals surface area contributed by atoms with E-state index in [4.69, 9.17) is 16.6 Å². The van der Waals surface area contributed by atoms with Crippen molar-refractivity contribution in [3.8, 4) is 11.4 Å². The number of hydrogen-bond acceptors (Lipinski definition) is 8. The molecule has 0 spiro atoms. The lowest BCUT2D eigenvalue weighted by Gasteiger charge is -2.36. The van der Waals surface area contributed by atoms with Crippen molar-refractivity contribution < 1.29 is 0 Å². The Labute approximate surface area is 228 Å². The Morgan fingerprint density at radius 1 is 1.19 bits per heavy atom. The quantitative estimate of drug-likeness (QED) is 0.398. The van der Waals surface area contributed by atoms with Gasteiger partial charge in [-0.05, 0) is 75.6 Å². The van der Waals surface area contributed by atoms with Crippen molar-refractivity contribution >= 4 is 52.6 Å². The van der Waals surface area contributed by atoms with Crippen LogP contribution in [0.4, 0.5) is 11.4 Å². The maximum absolute atomic E-state index is 6.57. The number of rotatable bonds is 8. The zero-order chi connectivity index (χ0) is 25.8. The number of fused-ring (bicyclic) bond motifs is 1. The monoisotopic (exact) mass is 538 g/mol. The number of piperazine rings is 1. The van der Waals surface area contributed by atoms with E-state index in [1.807, 2.05) is 0 Å². The number of aromatic nitrogens is 3. The Morgan fingerprint density at radius 3 is 2.59 bits per heavy atom. The van der Waals surface area contributed by atoms with Crippen molar-refractivity contribution in [2.24, 2.45) is 4.99 Å². The van der Waals surface area contributed by atoms with Crippen LogP contribution in [0.1, 0.15) is 12.8 Å². The Kier molecular flexibility index (Phi) is 8.34. The van der Waals surface area contributed by atoms with E-state index in [0.29, 0.717) is 16.7 Å². The molecule has 10 heteroatoms. The van der Waals surface area contributed by atoms with Crippen LogP contribution in [0.5, 0.6) is 0 Å². The van der Waals surface area contributed by atoms with Crippen molar-refractivity contribution in [3.63, 3.8) is 0 Å². The summed E-state index contributed by atoms with van der Waals surface area (Å²) >= 11 is 8.24. The van der Waals surface area contributed by atoms with Crippen LogP contribution < -0.4 is 10.2 Å². The Balaban J connectivity index is 1.26. The summed E-state index contributed by atoms with van der Waals surface area (Å²) < 4.78 is 0. The third-order valence-electron chi connectivity index (χ3n) is 7.26. The predicted molar refractivity (Wildman–Crippen MR) is 158 cm³/mol. The van der Waals surface area contributed by atoms with E-state index in [1.165, 1.54) is 5.69 Å². The molecular weight excluding hydrogens is 504 g/mol. The fourth-order valence-electron chi connectivity index (χ4n) is 5.05. The molecule has 0 saturated carbocycles.